The average Bonchev–Trinajstić information content (AvgIpc) is 2.27. The van der Waals surface area contributed by atoms with E-state index in [4.69, 9.17) is 5.73 Å². The molecule has 15 heavy (non-hydrogen) atoms. The number of nitro benzene ring substituents is 1. The van der Waals surface area contributed by atoms with Gasteiger partial charge in [0.25, 0.3) is 5.69 Å². The van der Waals surface area contributed by atoms with Gasteiger partial charge in [0, 0.05) is 23.6 Å². The lowest BCUT2D eigenvalue weighted by Crippen LogP contribution is -2.26. The van der Waals surface area contributed by atoms with Crippen molar-refractivity contribution in [1.82, 2.24) is 0 Å². The Balaban J connectivity index is 3.07. The highest BCUT2D eigenvalue weighted by Gasteiger charge is 2.21. The van der Waals surface area contributed by atoms with E-state index in [0.717, 1.165) is 12.0 Å². The van der Waals surface area contributed by atoms with Gasteiger partial charge in [-0.3, -0.25) is 10.1 Å². The molecule has 0 fully saturated rings. The van der Waals surface area contributed by atoms with E-state index in [1.54, 1.807) is 18.2 Å². The smallest absolute Gasteiger partial charge is 0.272 e. The van der Waals surface area contributed by atoms with Crippen LogP contribution in [-0.2, 0) is 0 Å². The van der Waals surface area contributed by atoms with Crippen LogP contribution in [0.15, 0.2) is 24.3 Å². The molecule has 0 radical (unpaired) electrons. The maximum Gasteiger partial charge on any atom is 0.272 e. The molecule has 0 saturated carbocycles. The molecule has 0 aromatic heterocycles. The summed E-state index contributed by atoms with van der Waals surface area (Å²) >= 11 is 0. The van der Waals surface area contributed by atoms with E-state index in [-0.39, 0.29) is 22.6 Å². The first kappa shape index (κ1) is 11.7. The molecule has 0 aliphatic carbocycles. The first-order valence-electron chi connectivity index (χ1n) is 5.06. The Labute approximate surface area is 89.2 Å². The number of para-hydroxylation sites is 1. The fourth-order valence-electron chi connectivity index (χ4n) is 1.62. The predicted molar refractivity (Wildman–Crippen MR) is 59.8 cm³/mol. The summed E-state index contributed by atoms with van der Waals surface area (Å²) < 4.78 is 0. The minimum atomic E-state index is -0.353. The largest absolute Gasteiger partial charge is 0.327 e. The minimum absolute atomic E-state index is 0.0107. The first-order valence-corrected chi connectivity index (χ1v) is 5.06. The van der Waals surface area contributed by atoms with Gasteiger partial charge in [-0.1, -0.05) is 32.0 Å². The maximum absolute atomic E-state index is 10.8. The number of nitrogens with two attached hydrogens (primary N) is 1. The molecule has 0 saturated heterocycles. The SMILES string of the molecule is CCC(N)C(C)c1ccccc1[N+](=O)[O-]. The van der Waals surface area contributed by atoms with Crippen LogP contribution in [-0.4, -0.2) is 11.0 Å². The molecular formula is C11H16N2O2. The van der Waals surface area contributed by atoms with Crippen LogP contribution in [0.2, 0.25) is 0 Å². The standard InChI is InChI=1S/C11H16N2O2/c1-3-10(12)8(2)9-6-4-5-7-11(9)13(14)15/h4-8,10H,3,12H2,1-2H3. The van der Waals surface area contributed by atoms with Gasteiger partial charge >= 0.3 is 0 Å². The molecule has 0 aliphatic rings. The highest BCUT2D eigenvalue weighted by molar-refractivity contribution is 5.42. The number of benzene rings is 1. The van der Waals surface area contributed by atoms with Gasteiger partial charge in [-0.15, -0.1) is 0 Å². The first-order chi connectivity index (χ1) is 7.07. The molecule has 0 spiro atoms. The summed E-state index contributed by atoms with van der Waals surface area (Å²) in [6.07, 6.45) is 0.813. The Morgan fingerprint density at radius 2 is 2.07 bits per heavy atom. The van der Waals surface area contributed by atoms with E-state index in [0.29, 0.717) is 0 Å². The van der Waals surface area contributed by atoms with E-state index < -0.39 is 0 Å². The molecule has 2 atom stereocenters. The number of rotatable bonds is 4. The van der Waals surface area contributed by atoms with Crippen LogP contribution in [0.5, 0.6) is 0 Å². The number of hydrogen-bond donors (Lipinski definition) is 1. The molecule has 0 bridgehead atoms. The lowest BCUT2D eigenvalue weighted by atomic mass is 9.91. The minimum Gasteiger partial charge on any atom is -0.327 e. The van der Waals surface area contributed by atoms with E-state index in [9.17, 15) is 10.1 Å². The molecule has 2 unspecified atom stereocenters. The normalized spacial score (nSPS) is 14.6. The van der Waals surface area contributed by atoms with Gasteiger partial charge < -0.3 is 5.73 Å². The highest BCUT2D eigenvalue weighted by Crippen LogP contribution is 2.28. The van der Waals surface area contributed by atoms with Crippen molar-refractivity contribution in [3.63, 3.8) is 0 Å². The van der Waals surface area contributed by atoms with Gasteiger partial charge in [0.1, 0.15) is 0 Å². The zero-order valence-electron chi connectivity index (χ0n) is 9.01. The average molecular weight is 208 g/mol. The number of nitrogens with zero attached hydrogens (tertiary/aromatic N) is 1. The van der Waals surface area contributed by atoms with Gasteiger partial charge in [-0.2, -0.15) is 0 Å². The van der Waals surface area contributed by atoms with E-state index >= 15 is 0 Å². The van der Waals surface area contributed by atoms with Gasteiger partial charge in [-0.25, -0.2) is 0 Å². The van der Waals surface area contributed by atoms with Crippen LogP contribution in [0.4, 0.5) is 5.69 Å². The predicted octanol–water partition coefficient (Wildman–Crippen LogP) is 2.44. The molecule has 1 aromatic rings. The zero-order valence-corrected chi connectivity index (χ0v) is 9.01. The monoisotopic (exact) mass is 208 g/mol. The third-order valence-electron chi connectivity index (χ3n) is 2.74. The van der Waals surface area contributed by atoms with Crippen molar-refractivity contribution in [3.8, 4) is 0 Å². The molecule has 4 nitrogen and oxygen atoms in total. The molecule has 2 N–H and O–H groups in total. The fraction of sp³-hybridized carbons (Fsp3) is 0.455. The lowest BCUT2D eigenvalue weighted by Gasteiger charge is -2.18. The second kappa shape index (κ2) is 4.89. The Bertz CT molecular complexity index is 352. The summed E-state index contributed by atoms with van der Waals surface area (Å²) in [5.41, 5.74) is 6.78. The van der Waals surface area contributed by atoms with Crippen LogP contribution < -0.4 is 5.73 Å². The molecule has 1 aromatic carbocycles. The van der Waals surface area contributed by atoms with Crippen molar-refractivity contribution in [2.24, 2.45) is 5.73 Å². The Morgan fingerprint density at radius 3 is 2.60 bits per heavy atom. The Hall–Kier alpha value is -1.42. The van der Waals surface area contributed by atoms with E-state index in [1.165, 1.54) is 6.07 Å². The maximum atomic E-state index is 10.8. The van der Waals surface area contributed by atoms with Crippen molar-refractivity contribution >= 4 is 5.69 Å². The van der Waals surface area contributed by atoms with Crippen molar-refractivity contribution < 1.29 is 4.92 Å². The molecule has 0 amide bonds. The molecule has 4 heteroatoms. The summed E-state index contributed by atoms with van der Waals surface area (Å²) in [6, 6.07) is 6.74. The van der Waals surface area contributed by atoms with E-state index in [1.807, 2.05) is 13.8 Å². The summed E-state index contributed by atoms with van der Waals surface area (Å²) in [4.78, 5) is 10.4. The molecule has 0 heterocycles. The molecule has 82 valence electrons. The van der Waals surface area contributed by atoms with Crippen LogP contribution in [0, 0.1) is 10.1 Å². The number of nitro groups is 1. The van der Waals surface area contributed by atoms with Crippen molar-refractivity contribution in [2.75, 3.05) is 0 Å². The van der Waals surface area contributed by atoms with Crippen molar-refractivity contribution in [2.45, 2.75) is 32.2 Å². The van der Waals surface area contributed by atoms with Gasteiger partial charge in [-0.05, 0) is 6.42 Å². The second-order valence-electron chi connectivity index (χ2n) is 3.68. The van der Waals surface area contributed by atoms with E-state index in [2.05, 4.69) is 0 Å². The Morgan fingerprint density at radius 1 is 1.47 bits per heavy atom. The quantitative estimate of drug-likeness (QED) is 0.610. The Kier molecular flexibility index (Phi) is 3.80. The lowest BCUT2D eigenvalue weighted by molar-refractivity contribution is -0.385. The van der Waals surface area contributed by atoms with Crippen molar-refractivity contribution in [1.29, 1.82) is 0 Å². The second-order valence-corrected chi connectivity index (χ2v) is 3.68. The summed E-state index contributed by atoms with van der Waals surface area (Å²) in [5, 5.41) is 10.8. The van der Waals surface area contributed by atoms with Crippen LogP contribution >= 0.6 is 0 Å². The topological polar surface area (TPSA) is 69.2 Å². The van der Waals surface area contributed by atoms with Gasteiger partial charge in [0.05, 0.1) is 4.92 Å². The van der Waals surface area contributed by atoms with Gasteiger partial charge in [0.15, 0.2) is 0 Å². The van der Waals surface area contributed by atoms with Crippen molar-refractivity contribution in [3.05, 3.63) is 39.9 Å². The third-order valence-corrected chi connectivity index (χ3v) is 2.74. The number of hydrogen-bond acceptors (Lipinski definition) is 3. The summed E-state index contributed by atoms with van der Waals surface area (Å²) in [6.45, 7) is 3.91. The van der Waals surface area contributed by atoms with Crippen LogP contribution in [0.25, 0.3) is 0 Å². The third kappa shape index (κ3) is 2.53. The van der Waals surface area contributed by atoms with Gasteiger partial charge in [0.2, 0.25) is 0 Å². The van der Waals surface area contributed by atoms with Crippen LogP contribution in [0.1, 0.15) is 31.7 Å². The molecule has 1 rings (SSSR count). The molecular weight excluding hydrogens is 192 g/mol. The fourth-order valence-corrected chi connectivity index (χ4v) is 1.62. The molecule has 0 aliphatic heterocycles. The van der Waals surface area contributed by atoms with Crippen LogP contribution in [0.3, 0.4) is 0 Å². The summed E-state index contributed by atoms with van der Waals surface area (Å²) in [7, 11) is 0. The summed E-state index contributed by atoms with van der Waals surface area (Å²) in [5.74, 6) is 0.0107. The zero-order chi connectivity index (χ0) is 11.4. The highest BCUT2D eigenvalue weighted by atomic mass is 16.6.